The summed E-state index contributed by atoms with van der Waals surface area (Å²) in [7, 11) is 1.66. The first-order valence-corrected chi connectivity index (χ1v) is 6.62. The zero-order valence-electron chi connectivity index (χ0n) is 11.7. The molecule has 0 aliphatic rings. The molecular formula is C15H21N3O. The van der Waals surface area contributed by atoms with Crippen molar-refractivity contribution < 1.29 is 4.79 Å². The minimum absolute atomic E-state index is 0.0169. The topological polar surface area (TPSA) is 46.1 Å². The van der Waals surface area contributed by atoms with Crippen LogP contribution in [0.25, 0.3) is 10.9 Å². The Morgan fingerprint density at radius 2 is 2.11 bits per heavy atom. The highest BCUT2D eigenvalue weighted by Crippen LogP contribution is 2.20. The quantitative estimate of drug-likeness (QED) is 0.861. The van der Waals surface area contributed by atoms with E-state index in [0.29, 0.717) is 12.6 Å². The molecule has 1 amide bonds. The number of amides is 1. The minimum atomic E-state index is 0.0169. The van der Waals surface area contributed by atoms with Gasteiger partial charge in [0.15, 0.2) is 0 Å². The van der Waals surface area contributed by atoms with E-state index >= 15 is 0 Å². The summed E-state index contributed by atoms with van der Waals surface area (Å²) in [5.41, 5.74) is 2.37. The molecule has 2 rings (SSSR count). The molecule has 0 unspecified atom stereocenters. The van der Waals surface area contributed by atoms with E-state index in [0.717, 1.165) is 12.1 Å². The fraction of sp³-hybridized carbons (Fsp3) is 0.400. The number of rotatable bonds is 5. The Morgan fingerprint density at radius 1 is 1.32 bits per heavy atom. The summed E-state index contributed by atoms with van der Waals surface area (Å²) in [6.45, 7) is 5.48. The number of nitrogens with zero attached hydrogens (tertiary/aromatic N) is 1. The number of carbonyl (C=O) groups is 1. The van der Waals surface area contributed by atoms with Gasteiger partial charge < -0.3 is 15.2 Å². The van der Waals surface area contributed by atoms with Gasteiger partial charge in [0.2, 0.25) is 5.91 Å². The second-order valence-corrected chi connectivity index (χ2v) is 5.00. The molecule has 4 heteroatoms. The maximum absolute atomic E-state index is 11.5. The van der Waals surface area contributed by atoms with Crippen LogP contribution in [-0.2, 0) is 17.9 Å². The highest BCUT2D eigenvalue weighted by Gasteiger charge is 2.08. The molecule has 0 radical (unpaired) electrons. The molecule has 0 fully saturated rings. The lowest BCUT2D eigenvalue weighted by Gasteiger charge is -2.10. The molecule has 0 atom stereocenters. The average Bonchev–Trinajstić information content (AvgIpc) is 2.80. The largest absolute Gasteiger partial charge is 0.358 e. The molecule has 19 heavy (non-hydrogen) atoms. The number of nitrogens with one attached hydrogen (secondary N) is 2. The first kappa shape index (κ1) is 13.6. The van der Waals surface area contributed by atoms with Crippen molar-refractivity contribution >= 4 is 16.8 Å². The fourth-order valence-electron chi connectivity index (χ4n) is 2.13. The molecule has 0 spiro atoms. The summed E-state index contributed by atoms with van der Waals surface area (Å²) >= 11 is 0. The van der Waals surface area contributed by atoms with Gasteiger partial charge in [0.25, 0.3) is 0 Å². The molecule has 102 valence electrons. The van der Waals surface area contributed by atoms with E-state index in [4.69, 9.17) is 0 Å². The summed E-state index contributed by atoms with van der Waals surface area (Å²) in [5.74, 6) is 0.0169. The Kier molecular flexibility index (Phi) is 4.22. The number of carbonyl (C=O) groups excluding carboxylic acids is 1. The number of hydrogen-bond acceptors (Lipinski definition) is 2. The second-order valence-electron chi connectivity index (χ2n) is 5.00. The molecule has 0 aliphatic heterocycles. The van der Waals surface area contributed by atoms with Crippen LogP contribution in [0.5, 0.6) is 0 Å². The molecule has 0 aliphatic carbocycles. The lowest BCUT2D eigenvalue weighted by molar-refractivity contribution is -0.121. The molecule has 2 N–H and O–H groups in total. The molecule has 1 heterocycles. The number of hydrogen-bond donors (Lipinski definition) is 2. The predicted molar refractivity (Wildman–Crippen MR) is 78.0 cm³/mol. The molecule has 1 aromatic carbocycles. The Balaban J connectivity index is 2.28. The van der Waals surface area contributed by atoms with Crippen LogP contribution in [0.3, 0.4) is 0 Å². The van der Waals surface area contributed by atoms with Gasteiger partial charge in [-0.05, 0) is 17.7 Å². The number of aromatic nitrogens is 1. The van der Waals surface area contributed by atoms with Crippen LogP contribution in [0.2, 0.25) is 0 Å². The number of likely N-dealkylation sites (N-methyl/N-ethyl adjacent to an activating group) is 1. The van der Waals surface area contributed by atoms with Crippen LogP contribution >= 0.6 is 0 Å². The van der Waals surface area contributed by atoms with Crippen molar-refractivity contribution in [3.05, 3.63) is 36.0 Å². The van der Waals surface area contributed by atoms with Gasteiger partial charge in [-0.25, -0.2) is 0 Å². The molecule has 1 aromatic heterocycles. The van der Waals surface area contributed by atoms with Crippen molar-refractivity contribution in [2.45, 2.75) is 33.0 Å². The van der Waals surface area contributed by atoms with E-state index in [1.807, 2.05) is 16.8 Å². The summed E-state index contributed by atoms with van der Waals surface area (Å²) in [4.78, 5) is 11.5. The zero-order chi connectivity index (χ0) is 13.8. The van der Waals surface area contributed by atoms with Crippen LogP contribution < -0.4 is 10.6 Å². The third-order valence-corrected chi connectivity index (χ3v) is 3.20. The molecule has 4 nitrogen and oxygen atoms in total. The molecule has 0 bridgehead atoms. The van der Waals surface area contributed by atoms with Crippen LogP contribution in [0.15, 0.2) is 30.5 Å². The lowest BCUT2D eigenvalue weighted by atomic mass is 10.1. The van der Waals surface area contributed by atoms with E-state index in [9.17, 15) is 4.79 Å². The van der Waals surface area contributed by atoms with E-state index in [-0.39, 0.29) is 5.91 Å². The van der Waals surface area contributed by atoms with E-state index < -0.39 is 0 Å². The molecular weight excluding hydrogens is 238 g/mol. The maximum atomic E-state index is 11.5. The Bertz CT molecular complexity index is 572. The van der Waals surface area contributed by atoms with Gasteiger partial charge in [0, 0.05) is 36.7 Å². The summed E-state index contributed by atoms with van der Waals surface area (Å²) in [6.07, 6.45) is 1.97. The summed E-state index contributed by atoms with van der Waals surface area (Å²) in [6, 6.07) is 8.76. The van der Waals surface area contributed by atoms with Gasteiger partial charge in [-0.3, -0.25) is 4.79 Å². The third-order valence-electron chi connectivity index (χ3n) is 3.20. The maximum Gasteiger partial charge on any atom is 0.239 e. The number of benzene rings is 1. The SMILES string of the molecule is CNC(=O)Cn1ccc2c(CNC(C)C)cccc21. The van der Waals surface area contributed by atoms with Crippen LogP contribution in [0.4, 0.5) is 0 Å². The Morgan fingerprint density at radius 3 is 2.79 bits per heavy atom. The molecule has 0 saturated carbocycles. The smallest absolute Gasteiger partial charge is 0.239 e. The second kappa shape index (κ2) is 5.89. The summed E-state index contributed by atoms with van der Waals surface area (Å²) < 4.78 is 1.98. The van der Waals surface area contributed by atoms with Gasteiger partial charge in [0.1, 0.15) is 6.54 Å². The van der Waals surface area contributed by atoms with Crippen molar-refractivity contribution in [1.29, 1.82) is 0 Å². The Labute approximate surface area is 113 Å². The van der Waals surface area contributed by atoms with Crippen molar-refractivity contribution in [3.8, 4) is 0 Å². The molecule has 2 aromatic rings. The summed E-state index contributed by atoms with van der Waals surface area (Å²) in [5, 5.41) is 7.29. The zero-order valence-corrected chi connectivity index (χ0v) is 11.7. The predicted octanol–water partition coefficient (Wildman–Crippen LogP) is 1.89. The van der Waals surface area contributed by atoms with Crippen molar-refractivity contribution in [2.75, 3.05) is 7.05 Å². The van der Waals surface area contributed by atoms with Crippen molar-refractivity contribution in [3.63, 3.8) is 0 Å². The fourth-order valence-corrected chi connectivity index (χ4v) is 2.13. The van der Waals surface area contributed by atoms with Crippen LogP contribution in [0.1, 0.15) is 19.4 Å². The first-order chi connectivity index (χ1) is 9.11. The normalized spacial score (nSPS) is 11.2. The van der Waals surface area contributed by atoms with Gasteiger partial charge in [0.05, 0.1) is 0 Å². The molecule has 0 saturated heterocycles. The first-order valence-electron chi connectivity index (χ1n) is 6.62. The average molecular weight is 259 g/mol. The van der Waals surface area contributed by atoms with Gasteiger partial charge in [-0.2, -0.15) is 0 Å². The highest BCUT2D eigenvalue weighted by molar-refractivity contribution is 5.85. The van der Waals surface area contributed by atoms with Gasteiger partial charge in [-0.15, -0.1) is 0 Å². The van der Waals surface area contributed by atoms with E-state index in [2.05, 4.69) is 42.7 Å². The van der Waals surface area contributed by atoms with E-state index in [1.165, 1.54) is 10.9 Å². The minimum Gasteiger partial charge on any atom is -0.358 e. The van der Waals surface area contributed by atoms with Gasteiger partial charge in [-0.1, -0.05) is 26.0 Å². The third kappa shape index (κ3) is 3.15. The monoisotopic (exact) mass is 259 g/mol. The van der Waals surface area contributed by atoms with Gasteiger partial charge >= 0.3 is 0 Å². The van der Waals surface area contributed by atoms with Crippen molar-refractivity contribution in [1.82, 2.24) is 15.2 Å². The highest BCUT2D eigenvalue weighted by atomic mass is 16.1. The standard InChI is InChI=1S/C15H21N3O/c1-11(2)17-9-12-5-4-6-14-13(12)7-8-18(14)10-15(19)16-3/h4-8,11,17H,9-10H2,1-3H3,(H,16,19). The Hall–Kier alpha value is -1.81. The lowest BCUT2D eigenvalue weighted by Crippen LogP contribution is -2.23. The van der Waals surface area contributed by atoms with Crippen LogP contribution in [0, 0.1) is 0 Å². The van der Waals surface area contributed by atoms with E-state index in [1.54, 1.807) is 7.05 Å². The van der Waals surface area contributed by atoms with Crippen LogP contribution in [-0.4, -0.2) is 23.6 Å². The number of fused-ring (bicyclic) bond motifs is 1. The van der Waals surface area contributed by atoms with Crippen molar-refractivity contribution in [2.24, 2.45) is 0 Å².